The van der Waals surface area contributed by atoms with Crippen LogP contribution in [0.5, 0.6) is 0 Å². The first-order valence-corrected chi connectivity index (χ1v) is 10.8. The van der Waals surface area contributed by atoms with Crippen molar-refractivity contribution in [3.63, 3.8) is 0 Å². The number of unbranched alkanes of at least 4 members (excludes halogenated alkanes) is 1. The molecule has 140 valence electrons. The van der Waals surface area contributed by atoms with Gasteiger partial charge in [0.25, 0.3) is 0 Å². The Labute approximate surface area is 154 Å². The van der Waals surface area contributed by atoms with E-state index in [0.29, 0.717) is 38.0 Å². The molecule has 3 rings (SSSR count). The van der Waals surface area contributed by atoms with Crippen LogP contribution in [0.1, 0.15) is 38.5 Å². The molecule has 1 aromatic heterocycles. The Bertz CT molecular complexity index is 856. The third kappa shape index (κ3) is 4.80. The van der Waals surface area contributed by atoms with Crippen LogP contribution in [0.15, 0.2) is 36.5 Å². The highest BCUT2D eigenvalue weighted by Crippen LogP contribution is 2.21. The molecule has 0 bridgehead atoms. The zero-order valence-corrected chi connectivity index (χ0v) is 15.7. The summed E-state index contributed by atoms with van der Waals surface area (Å²) in [5.74, 6) is 0.00866. The molecular weight excluding hydrogens is 350 g/mol. The summed E-state index contributed by atoms with van der Waals surface area (Å²) in [5, 5.41) is 3.85. The summed E-state index contributed by atoms with van der Waals surface area (Å²) in [7, 11) is -3.18. The van der Waals surface area contributed by atoms with Crippen molar-refractivity contribution >= 4 is 32.5 Å². The quantitative estimate of drug-likeness (QED) is 0.754. The number of pyridine rings is 1. The highest BCUT2D eigenvalue weighted by atomic mass is 32.2. The average Bonchev–Trinajstić information content (AvgIpc) is 2.66. The summed E-state index contributed by atoms with van der Waals surface area (Å²) < 4.78 is 26.2. The van der Waals surface area contributed by atoms with E-state index >= 15 is 0 Å². The van der Waals surface area contributed by atoms with E-state index in [1.54, 1.807) is 10.5 Å². The molecule has 6 nitrogen and oxygen atoms in total. The first kappa shape index (κ1) is 18.8. The first-order chi connectivity index (χ1) is 12.6. The maximum Gasteiger partial charge on any atom is 0.224 e. The van der Waals surface area contributed by atoms with Gasteiger partial charge in [0.05, 0.1) is 17.0 Å². The minimum Gasteiger partial charge on any atom is -0.324 e. The lowest BCUT2D eigenvalue weighted by Crippen LogP contribution is -2.37. The summed E-state index contributed by atoms with van der Waals surface area (Å²) in [6.07, 6.45) is 6.05. The van der Waals surface area contributed by atoms with Crippen molar-refractivity contribution in [2.45, 2.75) is 38.5 Å². The maximum atomic E-state index is 12.3. The van der Waals surface area contributed by atoms with Gasteiger partial charge in [-0.2, -0.15) is 0 Å². The van der Waals surface area contributed by atoms with Gasteiger partial charge in [-0.3, -0.25) is 9.78 Å². The molecular formula is C19H25N3O3S. The molecule has 1 fully saturated rings. The Hall–Kier alpha value is -1.99. The summed E-state index contributed by atoms with van der Waals surface area (Å²) in [6, 6.07) is 9.46. The maximum absolute atomic E-state index is 12.3. The van der Waals surface area contributed by atoms with Gasteiger partial charge in [0.15, 0.2) is 0 Å². The van der Waals surface area contributed by atoms with Crippen LogP contribution < -0.4 is 5.32 Å². The number of nitrogens with zero attached hydrogens (tertiary/aromatic N) is 2. The van der Waals surface area contributed by atoms with Crippen LogP contribution in [0.2, 0.25) is 0 Å². The average molecular weight is 375 g/mol. The number of aromatic nitrogens is 1. The Morgan fingerprint density at radius 1 is 1.08 bits per heavy atom. The molecule has 1 saturated heterocycles. The zero-order chi connectivity index (χ0) is 18.4. The Morgan fingerprint density at radius 3 is 2.65 bits per heavy atom. The fraction of sp³-hybridized carbons (Fsp3) is 0.474. The molecule has 1 aromatic carbocycles. The highest BCUT2D eigenvalue weighted by Gasteiger charge is 2.23. The monoisotopic (exact) mass is 375 g/mol. The summed E-state index contributed by atoms with van der Waals surface area (Å²) in [4.78, 5) is 16.5. The number of fused-ring (bicyclic) bond motifs is 1. The van der Waals surface area contributed by atoms with Gasteiger partial charge in [-0.25, -0.2) is 12.7 Å². The molecule has 0 radical (unpaired) electrons. The number of amides is 1. The van der Waals surface area contributed by atoms with E-state index in [4.69, 9.17) is 0 Å². The van der Waals surface area contributed by atoms with Crippen molar-refractivity contribution in [2.24, 2.45) is 0 Å². The van der Waals surface area contributed by atoms with E-state index in [2.05, 4.69) is 10.3 Å². The Balaban J connectivity index is 1.47. The molecule has 26 heavy (non-hydrogen) atoms. The van der Waals surface area contributed by atoms with Crippen molar-refractivity contribution in [3.8, 4) is 0 Å². The van der Waals surface area contributed by atoms with E-state index in [1.807, 2.05) is 30.3 Å². The van der Waals surface area contributed by atoms with E-state index in [0.717, 1.165) is 30.2 Å². The number of nitrogens with one attached hydrogen (secondary N) is 1. The molecule has 0 unspecified atom stereocenters. The van der Waals surface area contributed by atoms with E-state index in [9.17, 15) is 13.2 Å². The summed E-state index contributed by atoms with van der Waals surface area (Å²) >= 11 is 0. The molecule has 0 atom stereocenters. The first-order valence-electron chi connectivity index (χ1n) is 9.18. The number of piperidine rings is 1. The number of hydrogen-bond donors (Lipinski definition) is 1. The number of para-hydroxylation sites is 1. The lowest BCUT2D eigenvalue weighted by Gasteiger charge is -2.25. The van der Waals surface area contributed by atoms with Crippen LogP contribution in [0, 0.1) is 0 Å². The number of carbonyl (C=O) groups excluding carboxylic acids is 1. The fourth-order valence-corrected chi connectivity index (χ4v) is 4.90. The van der Waals surface area contributed by atoms with Gasteiger partial charge in [0.1, 0.15) is 0 Å². The van der Waals surface area contributed by atoms with Gasteiger partial charge >= 0.3 is 0 Å². The van der Waals surface area contributed by atoms with E-state index in [1.165, 1.54) is 0 Å². The minimum atomic E-state index is -3.18. The third-order valence-corrected chi connectivity index (χ3v) is 6.63. The smallest absolute Gasteiger partial charge is 0.224 e. The zero-order valence-electron chi connectivity index (χ0n) is 14.9. The second-order valence-corrected chi connectivity index (χ2v) is 8.75. The third-order valence-electron chi connectivity index (χ3n) is 4.67. The van der Waals surface area contributed by atoms with Crippen molar-refractivity contribution in [3.05, 3.63) is 36.5 Å². The number of sulfonamides is 1. The molecule has 1 aliphatic heterocycles. The predicted molar refractivity (Wildman–Crippen MR) is 103 cm³/mol. The van der Waals surface area contributed by atoms with Gasteiger partial charge in [-0.1, -0.05) is 24.6 Å². The molecule has 0 spiro atoms. The van der Waals surface area contributed by atoms with Crippen molar-refractivity contribution in [1.29, 1.82) is 0 Å². The fourth-order valence-electron chi connectivity index (χ4n) is 3.26. The predicted octanol–water partition coefficient (Wildman–Crippen LogP) is 3.16. The number of benzene rings is 1. The summed E-state index contributed by atoms with van der Waals surface area (Å²) in [6.45, 7) is 1.27. The molecule has 0 aliphatic carbocycles. The van der Waals surface area contributed by atoms with Gasteiger partial charge < -0.3 is 5.32 Å². The van der Waals surface area contributed by atoms with Crippen molar-refractivity contribution < 1.29 is 13.2 Å². The molecule has 2 aromatic rings. The topological polar surface area (TPSA) is 79.4 Å². The lowest BCUT2D eigenvalue weighted by molar-refractivity contribution is -0.116. The van der Waals surface area contributed by atoms with Crippen LogP contribution in [-0.2, 0) is 14.8 Å². The molecule has 0 saturated carbocycles. The second-order valence-electron chi connectivity index (χ2n) is 6.66. The molecule has 1 amide bonds. The normalized spacial score (nSPS) is 15.8. The highest BCUT2D eigenvalue weighted by molar-refractivity contribution is 7.89. The largest absolute Gasteiger partial charge is 0.324 e. The van der Waals surface area contributed by atoms with Gasteiger partial charge in [0, 0.05) is 31.1 Å². The van der Waals surface area contributed by atoms with Crippen LogP contribution >= 0.6 is 0 Å². The van der Waals surface area contributed by atoms with Crippen molar-refractivity contribution in [1.82, 2.24) is 9.29 Å². The molecule has 1 N–H and O–H groups in total. The number of anilines is 1. The molecule has 7 heteroatoms. The number of carbonyl (C=O) groups is 1. The molecule has 2 heterocycles. The molecule has 1 aliphatic rings. The number of rotatable bonds is 7. The lowest BCUT2D eigenvalue weighted by atomic mass is 10.2. The minimum absolute atomic E-state index is 0.112. The number of hydrogen-bond acceptors (Lipinski definition) is 4. The SMILES string of the molecule is O=C(CCCCS(=O)(=O)N1CCCCC1)Nc1cccc2cccnc12. The van der Waals surface area contributed by atoms with E-state index < -0.39 is 10.0 Å². The van der Waals surface area contributed by atoms with Gasteiger partial charge in [0.2, 0.25) is 15.9 Å². The van der Waals surface area contributed by atoms with E-state index in [-0.39, 0.29) is 11.7 Å². The summed E-state index contributed by atoms with van der Waals surface area (Å²) in [5.41, 5.74) is 1.45. The Kier molecular flexibility index (Phi) is 6.21. The second kappa shape index (κ2) is 8.60. The van der Waals surface area contributed by atoms with Gasteiger partial charge in [-0.05, 0) is 37.8 Å². The standard InChI is InChI=1S/C19H25N3O3S/c23-18(21-17-10-6-8-16-9-7-12-20-19(16)17)11-2-5-15-26(24,25)22-13-3-1-4-14-22/h6-10,12H,1-5,11,13-15H2,(H,21,23). The van der Waals surface area contributed by atoms with Crippen LogP contribution in [0.4, 0.5) is 5.69 Å². The van der Waals surface area contributed by atoms with Crippen LogP contribution in [0.3, 0.4) is 0 Å². The van der Waals surface area contributed by atoms with Crippen molar-refractivity contribution in [2.75, 3.05) is 24.2 Å². The van der Waals surface area contributed by atoms with Crippen LogP contribution in [-0.4, -0.2) is 42.5 Å². The van der Waals surface area contributed by atoms with Crippen LogP contribution in [0.25, 0.3) is 10.9 Å². The van der Waals surface area contributed by atoms with Gasteiger partial charge in [-0.15, -0.1) is 0 Å². The Morgan fingerprint density at radius 2 is 1.85 bits per heavy atom.